The SMILES string of the molecule is CC1(C)OCC2C3C=CC(C3)C2CO1. The van der Waals surface area contributed by atoms with Crippen LogP contribution in [0.4, 0.5) is 0 Å². The molecule has 1 aliphatic heterocycles. The first kappa shape index (κ1) is 8.93. The molecule has 0 aromatic carbocycles. The van der Waals surface area contributed by atoms with E-state index in [9.17, 15) is 0 Å². The fourth-order valence-corrected chi connectivity index (χ4v) is 3.16. The van der Waals surface area contributed by atoms with Gasteiger partial charge in [-0.3, -0.25) is 0 Å². The van der Waals surface area contributed by atoms with E-state index in [1.165, 1.54) is 6.42 Å². The summed E-state index contributed by atoms with van der Waals surface area (Å²) in [5.74, 6) is 2.59. The fraction of sp³-hybridized carbons (Fsp3) is 0.833. The fourth-order valence-electron chi connectivity index (χ4n) is 3.16. The van der Waals surface area contributed by atoms with Crippen molar-refractivity contribution in [2.24, 2.45) is 23.7 Å². The van der Waals surface area contributed by atoms with Crippen LogP contribution in [-0.2, 0) is 9.47 Å². The normalized spacial score (nSPS) is 49.0. The second kappa shape index (κ2) is 2.83. The molecular formula is C12H18O2. The van der Waals surface area contributed by atoms with E-state index in [4.69, 9.17) is 9.47 Å². The molecule has 1 saturated heterocycles. The summed E-state index contributed by atoms with van der Waals surface area (Å²) < 4.78 is 11.6. The van der Waals surface area contributed by atoms with Gasteiger partial charge in [-0.15, -0.1) is 0 Å². The maximum atomic E-state index is 5.80. The van der Waals surface area contributed by atoms with E-state index in [1.54, 1.807) is 0 Å². The van der Waals surface area contributed by atoms with Gasteiger partial charge >= 0.3 is 0 Å². The molecule has 2 aliphatic carbocycles. The minimum atomic E-state index is -0.371. The van der Waals surface area contributed by atoms with Crippen molar-refractivity contribution in [3.8, 4) is 0 Å². The van der Waals surface area contributed by atoms with Crippen molar-refractivity contribution in [3.05, 3.63) is 12.2 Å². The van der Waals surface area contributed by atoms with Gasteiger partial charge in [0, 0.05) is 0 Å². The molecule has 4 atom stereocenters. The molecule has 2 bridgehead atoms. The van der Waals surface area contributed by atoms with E-state index in [1.807, 2.05) is 13.8 Å². The molecule has 1 saturated carbocycles. The molecule has 2 fully saturated rings. The highest BCUT2D eigenvalue weighted by Gasteiger charge is 2.47. The van der Waals surface area contributed by atoms with Crippen molar-refractivity contribution < 1.29 is 9.47 Å². The molecule has 1 heterocycles. The molecule has 3 aliphatic rings. The third-order valence-electron chi connectivity index (χ3n) is 4.05. The molecule has 14 heavy (non-hydrogen) atoms. The summed E-state index contributed by atoms with van der Waals surface area (Å²) in [5.41, 5.74) is 0. The summed E-state index contributed by atoms with van der Waals surface area (Å²) >= 11 is 0. The smallest absolute Gasteiger partial charge is 0.162 e. The average Bonchev–Trinajstić information content (AvgIpc) is 2.67. The van der Waals surface area contributed by atoms with Crippen LogP contribution < -0.4 is 0 Å². The van der Waals surface area contributed by atoms with E-state index in [0.29, 0.717) is 11.8 Å². The van der Waals surface area contributed by atoms with Crippen molar-refractivity contribution in [1.82, 2.24) is 0 Å². The zero-order chi connectivity index (χ0) is 9.76. The highest BCUT2D eigenvalue weighted by atomic mass is 16.7. The van der Waals surface area contributed by atoms with Gasteiger partial charge < -0.3 is 9.47 Å². The lowest BCUT2D eigenvalue weighted by Gasteiger charge is -2.23. The van der Waals surface area contributed by atoms with E-state index < -0.39 is 0 Å². The number of ether oxygens (including phenoxy) is 2. The largest absolute Gasteiger partial charge is 0.350 e. The Morgan fingerprint density at radius 1 is 1.00 bits per heavy atom. The number of rotatable bonds is 0. The minimum Gasteiger partial charge on any atom is -0.350 e. The van der Waals surface area contributed by atoms with Crippen LogP contribution in [0.15, 0.2) is 12.2 Å². The summed E-state index contributed by atoms with van der Waals surface area (Å²) in [6, 6.07) is 0. The summed E-state index contributed by atoms with van der Waals surface area (Å²) in [4.78, 5) is 0. The van der Waals surface area contributed by atoms with Crippen LogP contribution in [0.25, 0.3) is 0 Å². The Balaban J connectivity index is 1.81. The molecule has 0 N–H and O–H groups in total. The molecule has 2 heteroatoms. The first-order valence-corrected chi connectivity index (χ1v) is 5.62. The predicted molar refractivity (Wildman–Crippen MR) is 53.7 cm³/mol. The Bertz CT molecular complexity index is 245. The molecule has 4 unspecified atom stereocenters. The Hall–Kier alpha value is -0.340. The summed E-state index contributed by atoms with van der Waals surface area (Å²) in [6.07, 6.45) is 6.10. The molecule has 3 rings (SSSR count). The van der Waals surface area contributed by atoms with E-state index in [2.05, 4.69) is 12.2 Å². The van der Waals surface area contributed by atoms with Gasteiger partial charge in [-0.05, 0) is 43.9 Å². The van der Waals surface area contributed by atoms with Gasteiger partial charge in [0.25, 0.3) is 0 Å². The highest BCUT2D eigenvalue weighted by molar-refractivity contribution is 5.13. The molecule has 2 nitrogen and oxygen atoms in total. The van der Waals surface area contributed by atoms with Gasteiger partial charge in [-0.2, -0.15) is 0 Å². The van der Waals surface area contributed by atoms with Crippen molar-refractivity contribution in [1.29, 1.82) is 0 Å². The van der Waals surface area contributed by atoms with E-state index in [-0.39, 0.29) is 5.79 Å². The van der Waals surface area contributed by atoms with Crippen LogP contribution in [0.3, 0.4) is 0 Å². The predicted octanol–water partition coefficient (Wildman–Crippen LogP) is 2.21. The summed E-state index contributed by atoms with van der Waals surface area (Å²) in [6.45, 7) is 5.79. The van der Waals surface area contributed by atoms with Crippen LogP contribution in [0, 0.1) is 23.7 Å². The third kappa shape index (κ3) is 1.24. The van der Waals surface area contributed by atoms with Gasteiger partial charge in [0.2, 0.25) is 0 Å². The zero-order valence-electron chi connectivity index (χ0n) is 8.90. The lowest BCUT2D eigenvalue weighted by Crippen LogP contribution is -2.28. The summed E-state index contributed by atoms with van der Waals surface area (Å²) in [7, 11) is 0. The molecule has 0 spiro atoms. The van der Waals surface area contributed by atoms with Gasteiger partial charge in [-0.1, -0.05) is 12.2 Å². The minimum absolute atomic E-state index is 0.371. The second-order valence-electron chi connectivity index (χ2n) is 5.30. The van der Waals surface area contributed by atoms with Crippen LogP contribution in [0.2, 0.25) is 0 Å². The van der Waals surface area contributed by atoms with Gasteiger partial charge in [0.15, 0.2) is 5.79 Å². The van der Waals surface area contributed by atoms with E-state index in [0.717, 1.165) is 25.0 Å². The standard InChI is InChI=1S/C12H18O2/c1-12(2)13-6-10-8-3-4-9(5-8)11(10)7-14-12/h3-4,8-11H,5-7H2,1-2H3. The van der Waals surface area contributed by atoms with Gasteiger partial charge in [0.1, 0.15) is 0 Å². The highest BCUT2D eigenvalue weighted by Crippen LogP contribution is 2.49. The Labute approximate surface area is 85.3 Å². The Kier molecular flexibility index (Phi) is 1.80. The van der Waals surface area contributed by atoms with Crippen LogP contribution in [-0.4, -0.2) is 19.0 Å². The maximum Gasteiger partial charge on any atom is 0.162 e. The number of fused-ring (bicyclic) bond motifs is 5. The first-order chi connectivity index (χ1) is 6.66. The Morgan fingerprint density at radius 3 is 2.00 bits per heavy atom. The number of hydrogen-bond donors (Lipinski definition) is 0. The van der Waals surface area contributed by atoms with Crippen LogP contribution >= 0.6 is 0 Å². The lowest BCUT2D eigenvalue weighted by molar-refractivity contribution is -0.204. The van der Waals surface area contributed by atoms with Crippen molar-refractivity contribution in [3.63, 3.8) is 0 Å². The average molecular weight is 194 g/mol. The van der Waals surface area contributed by atoms with Crippen molar-refractivity contribution in [2.45, 2.75) is 26.1 Å². The molecule has 0 aromatic heterocycles. The topological polar surface area (TPSA) is 18.5 Å². The maximum absolute atomic E-state index is 5.80. The van der Waals surface area contributed by atoms with Gasteiger partial charge in [0.05, 0.1) is 13.2 Å². The summed E-state index contributed by atoms with van der Waals surface area (Å²) in [5, 5.41) is 0. The number of allylic oxidation sites excluding steroid dienone is 2. The second-order valence-corrected chi connectivity index (χ2v) is 5.30. The quantitative estimate of drug-likeness (QED) is 0.550. The van der Waals surface area contributed by atoms with Crippen molar-refractivity contribution in [2.75, 3.05) is 13.2 Å². The van der Waals surface area contributed by atoms with E-state index >= 15 is 0 Å². The van der Waals surface area contributed by atoms with Gasteiger partial charge in [-0.25, -0.2) is 0 Å². The molecule has 0 amide bonds. The van der Waals surface area contributed by atoms with Crippen LogP contribution in [0.1, 0.15) is 20.3 Å². The zero-order valence-corrected chi connectivity index (χ0v) is 8.90. The number of hydrogen-bond acceptors (Lipinski definition) is 2. The molecule has 0 aromatic rings. The lowest BCUT2D eigenvalue weighted by atomic mass is 9.84. The van der Waals surface area contributed by atoms with Crippen molar-refractivity contribution >= 4 is 0 Å². The third-order valence-corrected chi connectivity index (χ3v) is 4.05. The Morgan fingerprint density at radius 2 is 1.50 bits per heavy atom. The first-order valence-electron chi connectivity index (χ1n) is 5.62. The van der Waals surface area contributed by atoms with Crippen LogP contribution in [0.5, 0.6) is 0 Å². The molecule has 0 radical (unpaired) electrons. The molecule has 78 valence electrons. The molecular weight excluding hydrogens is 176 g/mol. The monoisotopic (exact) mass is 194 g/mol.